The molecule has 0 unspecified atom stereocenters. The first kappa shape index (κ1) is 11.9. The molecular formula is C11H12ClN7. The number of halogens is 1. The molecule has 2 N–H and O–H groups in total. The van der Waals surface area contributed by atoms with Crippen molar-refractivity contribution in [2.75, 3.05) is 5.73 Å². The lowest BCUT2D eigenvalue weighted by atomic mass is 10.4. The van der Waals surface area contributed by atoms with Crippen molar-refractivity contribution in [2.24, 2.45) is 7.05 Å². The number of aryl methyl sites for hydroxylation is 2. The molecule has 0 spiro atoms. The van der Waals surface area contributed by atoms with Gasteiger partial charge in [0.25, 0.3) is 0 Å². The largest absolute Gasteiger partial charge is 0.383 e. The minimum absolute atomic E-state index is 0.416. The van der Waals surface area contributed by atoms with Crippen LogP contribution in [0, 0.1) is 6.92 Å². The summed E-state index contributed by atoms with van der Waals surface area (Å²) in [4.78, 5) is 8.69. The van der Waals surface area contributed by atoms with Gasteiger partial charge in [0.1, 0.15) is 12.4 Å². The summed E-state index contributed by atoms with van der Waals surface area (Å²) >= 11 is 5.97. The average Bonchev–Trinajstić information content (AvgIpc) is 2.85. The van der Waals surface area contributed by atoms with Crippen LogP contribution < -0.4 is 5.73 Å². The standard InChI is InChI=1S/C11H12ClN7/c1-6-8(12)4-19(17-6)5-9-15-10(13)7-3-14-18(2)11(7)16-9/h3-4H,5H2,1-2H3,(H2,13,15,16). The van der Waals surface area contributed by atoms with Gasteiger partial charge in [-0.15, -0.1) is 0 Å². The molecule has 0 aliphatic rings. The Labute approximate surface area is 114 Å². The Morgan fingerprint density at radius 2 is 2.16 bits per heavy atom. The van der Waals surface area contributed by atoms with Gasteiger partial charge < -0.3 is 5.73 Å². The number of fused-ring (bicyclic) bond motifs is 1. The van der Waals surface area contributed by atoms with Gasteiger partial charge in [0.05, 0.1) is 22.3 Å². The number of nitrogens with two attached hydrogens (primary N) is 1. The van der Waals surface area contributed by atoms with Crippen LogP contribution in [0.25, 0.3) is 11.0 Å². The van der Waals surface area contributed by atoms with E-state index in [1.165, 1.54) is 0 Å². The van der Waals surface area contributed by atoms with E-state index in [-0.39, 0.29) is 0 Å². The number of nitrogen functional groups attached to an aromatic ring is 1. The fourth-order valence-electron chi connectivity index (χ4n) is 1.88. The maximum Gasteiger partial charge on any atom is 0.163 e. The Morgan fingerprint density at radius 1 is 1.37 bits per heavy atom. The lowest BCUT2D eigenvalue weighted by Gasteiger charge is -2.03. The lowest BCUT2D eigenvalue weighted by molar-refractivity contribution is 0.650. The van der Waals surface area contributed by atoms with Crippen LogP contribution in [0.2, 0.25) is 5.02 Å². The van der Waals surface area contributed by atoms with Gasteiger partial charge in [-0.2, -0.15) is 10.2 Å². The van der Waals surface area contributed by atoms with E-state index in [2.05, 4.69) is 20.2 Å². The molecule has 19 heavy (non-hydrogen) atoms. The number of hydrogen-bond donors (Lipinski definition) is 1. The molecule has 98 valence electrons. The predicted molar refractivity (Wildman–Crippen MR) is 71.8 cm³/mol. The van der Waals surface area contributed by atoms with Gasteiger partial charge in [-0.3, -0.25) is 9.36 Å². The molecule has 8 heteroatoms. The summed E-state index contributed by atoms with van der Waals surface area (Å²) in [7, 11) is 1.81. The zero-order valence-corrected chi connectivity index (χ0v) is 11.3. The van der Waals surface area contributed by atoms with Crippen LogP contribution in [0.15, 0.2) is 12.4 Å². The average molecular weight is 278 g/mol. The van der Waals surface area contributed by atoms with E-state index in [0.29, 0.717) is 28.9 Å². The Hall–Kier alpha value is -2.15. The molecule has 3 rings (SSSR count). The number of rotatable bonds is 2. The van der Waals surface area contributed by atoms with Gasteiger partial charge in [0.2, 0.25) is 0 Å². The van der Waals surface area contributed by atoms with E-state index < -0.39 is 0 Å². The number of anilines is 1. The number of hydrogen-bond acceptors (Lipinski definition) is 5. The first-order valence-corrected chi connectivity index (χ1v) is 6.06. The third-order valence-electron chi connectivity index (χ3n) is 2.86. The summed E-state index contributed by atoms with van der Waals surface area (Å²) in [6.07, 6.45) is 3.40. The molecule has 0 fully saturated rings. The summed E-state index contributed by atoms with van der Waals surface area (Å²) in [6.45, 7) is 2.26. The van der Waals surface area contributed by atoms with E-state index in [4.69, 9.17) is 17.3 Å². The molecule has 3 aromatic heterocycles. The number of aromatic nitrogens is 6. The van der Waals surface area contributed by atoms with Gasteiger partial charge >= 0.3 is 0 Å². The highest BCUT2D eigenvalue weighted by molar-refractivity contribution is 6.31. The third kappa shape index (κ3) is 2.01. The van der Waals surface area contributed by atoms with Crippen molar-refractivity contribution in [1.82, 2.24) is 29.5 Å². The maximum atomic E-state index is 5.97. The summed E-state index contributed by atoms with van der Waals surface area (Å²) in [5, 5.41) is 9.75. The van der Waals surface area contributed by atoms with Crippen LogP contribution in [-0.4, -0.2) is 29.5 Å². The zero-order chi connectivity index (χ0) is 13.6. The summed E-state index contributed by atoms with van der Waals surface area (Å²) in [5.41, 5.74) is 7.38. The van der Waals surface area contributed by atoms with Crippen molar-refractivity contribution in [1.29, 1.82) is 0 Å². The van der Waals surface area contributed by atoms with Gasteiger partial charge in [0, 0.05) is 13.2 Å². The molecule has 7 nitrogen and oxygen atoms in total. The molecule has 0 aromatic carbocycles. The highest BCUT2D eigenvalue weighted by atomic mass is 35.5. The highest BCUT2D eigenvalue weighted by Gasteiger charge is 2.10. The van der Waals surface area contributed by atoms with Crippen LogP contribution in [-0.2, 0) is 13.6 Å². The Kier molecular flexibility index (Phi) is 2.63. The molecule has 3 aromatic rings. The molecule has 0 bridgehead atoms. The highest BCUT2D eigenvalue weighted by Crippen LogP contribution is 2.17. The first-order valence-electron chi connectivity index (χ1n) is 5.68. The van der Waals surface area contributed by atoms with E-state index in [0.717, 1.165) is 11.1 Å². The van der Waals surface area contributed by atoms with E-state index >= 15 is 0 Å². The van der Waals surface area contributed by atoms with Crippen LogP contribution in [0.3, 0.4) is 0 Å². The quantitative estimate of drug-likeness (QED) is 0.759. The second-order valence-corrected chi connectivity index (χ2v) is 4.70. The van der Waals surface area contributed by atoms with Gasteiger partial charge in [-0.25, -0.2) is 9.97 Å². The van der Waals surface area contributed by atoms with Crippen molar-refractivity contribution in [3.8, 4) is 0 Å². The van der Waals surface area contributed by atoms with Crippen LogP contribution in [0.4, 0.5) is 5.82 Å². The first-order chi connectivity index (χ1) is 9.04. The van der Waals surface area contributed by atoms with Gasteiger partial charge in [0.15, 0.2) is 11.5 Å². The van der Waals surface area contributed by atoms with Crippen molar-refractivity contribution in [3.05, 3.63) is 28.9 Å². The molecular weight excluding hydrogens is 266 g/mol. The topological polar surface area (TPSA) is 87.4 Å². The van der Waals surface area contributed by atoms with Gasteiger partial charge in [-0.1, -0.05) is 11.6 Å². The number of nitrogens with zero attached hydrogens (tertiary/aromatic N) is 6. The molecule has 0 saturated carbocycles. The lowest BCUT2D eigenvalue weighted by Crippen LogP contribution is -2.08. The second-order valence-electron chi connectivity index (χ2n) is 4.29. The fourth-order valence-corrected chi connectivity index (χ4v) is 2.03. The molecule has 0 saturated heterocycles. The van der Waals surface area contributed by atoms with Crippen LogP contribution in [0.1, 0.15) is 11.5 Å². The third-order valence-corrected chi connectivity index (χ3v) is 3.23. The van der Waals surface area contributed by atoms with Gasteiger partial charge in [-0.05, 0) is 6.92 Å². The van der Waals surface area contributed by atoms with E-state index in [1.807, 2.05) is 14.0 Å². The Morgan fingerprint density at radius 3 is 2.84 bits per heavy atom. The predicted octanol–water partition coefficient (Wildman–Crippen LogP) is 1.15. The molecule has 0 radical (unpaired) electrons. The minimum atomic E-state index is 0.416. The monoisotopic (exact) mass is 277 g/mol. The van der Waals surface area contributed by atoms with Crippen LogP contribution in [0.5, 0.6) is 0 Å². The summed E-state index contributed by atoms with van der Waals surface area (Å²) in [5.74, 6) is 0.996. The molecule has 3 heterocycles. The molecule has 0 amide bonds. The molecule has 0 atom stereocenters. The zero-order valence-electron chi connectivity index (χ0n) is 10.5. The maximum absolute atomic E-state index is 5.97. The van der Waals surface area contributed by atoms with Crippen molar-refractivity contribution in [3.63, 3.8) is 0 Å². The summed E-state index contributed by atoms with van der Waals surface area (Å²) < 4.78 is 3.35. The Bertz CT molecular complexity index is 738. The van der Waals surface area contributed by atoms with Crippen molar-refractivity contribution < 1.29 is 0 Å². The molecule has 0 aliphatic carbocycles. The van der Waals surface area contributed by atoms with E-state index in [9.17, 15) is 0 Å². The van der Waals surface area contributed by atoms with Crippen molar-refractivity contribution >= 4 is 28.5 Å². The van der Waals surface area contributed by atoms with Crippen molar-refractivity contribution in [2.45, 2.75) is 13.5 Å². The SMILES string of the molecule is Cc1nn(Cc2nc(N)c3cnn(C)c3n2)cc1Cl. The summed E-state index contributed by atoms with van der Waals surface area (Å²) in [6, 6.07) is 0. The normalized spacial score (nSPS) is 11.3. The van der Waals surface area contributed by atoms with Crippen LogP contribution >= 0.6 is 11.6 Å². The Balaban J connectivity index is 2.03. The minimum Gasteiger partial charge on any atom is -0.383 e. The smallest absolute Gasteiger partial charge is 0.163 e. The van der Waals surface area contributed by atoms with E-state index in [1.54, 1.807) is 21.8 Å². The fraction of sp³-hybridized carbons (Fsp3) is 0.273. The molecule has 0 aliphatic heterocycles. The second kappa shape index (κ2) is 4.20.